The number of hydrogen-bond donors (Lipinski definition) is 0. The molecule has 0 fully saturated rings. The molecule has 0 aliphatic heterocycles. The molecule has 0 saturated heterocycles. The number of pyridine rings is 1. The molecular formula is C35H33N. The molecule has 1 aromatic heterocycles. The van der Waals surface area contributed by atoms with Crippen LogP contribution in [-0.4, -0.2) is 4.98 Å². The first-order chi connectivity index (χ1) is 17.1. The van der Waals surface area contributed by atoms with Gasteiger partial charge < -0.3 is 0 Å². The van der Waals surface area contributed by atoms with Gasteiger partial charge >= 0.3 is 0 Å². The lowest BCUT2D eigenvalue weighted by Crippen LogP contribution is -2.13. The van der Waals surface area contributed by atoms with E-state index in [0.717, 1.165) is 0 Å². The van der Waals surface area contributed by atoms with Crippen LogP contribution in [0.4, 0.5) is 0 Å². The molecule has 1 heteroatoms. The molecule has 0 spiro atoms. The second-order valence-corrected chi connectivity index (χ2v) is 12.2. The summed E-state index contributed by atoms with van der Waals surface area (Å²) in [6.45, 7) is 13.7. The van der Waals surface area contributed by atoms with Crippen LogP contribution in [0.1, 0.15) is 52.7 Å². The van der Waals surface area contributed by atoms with Crippen molar-refractivity contribution in [3.05, 3.63) is 102 Å². The van der Waals surface area contributed by atoms with Gasteiger partial charge in [0, 0.05) is 18.0 Å². The van der Waals surface area contributed by atoms with Crippen molar-refractivity contribution in [3.63, 3.8) is 0 Å². The second kappa shape index (κ2) is 7.90. The highest BCUT2D eigenvalue weighted by Gasteiger charge is 2.21. The maximum absolute atomic E-state index is 4.36. The number of aromatic nitrogens is 1. The maximum atomic E-state index is 4.36. The molecule has 0 unspecified atom stereocenters. The summed E-state index contributed by atoms with van der Waals surface area (Å²) in [5.74, 6) is 0. The van der Waals surface area contributed by atoms with Crippen molar-refractivity contribution in [1.82, 2.24) is 4.98 Å². The molecule has 0 saturated carbocycles. The van der Waals surface area contributed by atoms with Gasteiger partial charge in [-0.25, -0.2) is 0 Å². The first-order valence-corrected chi connectivity index (χ1v) is 12.9. The third kappa shape index (κ3) is 3.75. The van der Waals surface area contributed by atoms with E-state index in [0.29, 0.717) is 0 Å². The van der Waals surface area contributed by atoms with Gasteiger partial charge in [0.1, 0.15) is 0 Å². The summed E-state index contributed by atoms with van der Waals surface area (Å²) in [7, 11) is 0. The van der Waals surface area contributed by atoms with Gasteiger partial charge in [-0.1, -0.05) is 102 Å². The normalized spacial score (nSPS) is 12.7. The first kappa shape index (κ1) is 22.7. The Kier molecular flexibility index (Phi) is 4.99. The fourth-order valence-electron chi connectivity index (χ4n) is 5.56. The van der Waals surface area contributed by atoms with Crippen molar-refractivity contribution in [2.45, 2.75) is 52.4 Å². The van der Waals surface area contributed by atoms with Gasteiger partial charge in [0.25, 0.3) is 0 Å². The van der Waals surface area contributed by atoms with Crippen molar-refractivity contribution in [1.29, 1.82) is 0 Å². The van der Waals surface area contributed by atoms with Gasteiger partial charge in [-0.2, -0.15) is 0 Å². The highest BCUT2D eigenvalue weighted by atomic mass is 14.6. The third-order valence-corrected chi connectivity index (χ3v) is 7.53. The Balaban J connectivity index is 1.55. The summed E-state index contributed by atoms with van der Waals surface area (Å²) in [6, 6.07) is 29.8. The van der Waals surface area contributed by atoms with Gasteiger partial charge in [-0.05, 0) is 89.2 Å². The van der Waals surface area contributed by atoms with Gasteiger partial charge in [0.05, 0.1) is 0 Å². The largest absolute Gasteiger partial charge is 0.264 e. The molecule has 0 amide bonds. The average molecular weight is 468 g/mol. The summed E-state index contributed by atoms with van der Waals surface area (Å²) >= 11 is 0. The lowest BCUT2D eigenvalue weighted by molar-refractivity contribution is 0.591. The van der Waals surface area contributed by atoms with E-state index in [2.05, 4.69) is 119 Å². The molecule has 0 aliphatic rings. The topological polar surface area (TPSA) is 12.9 Å². The Bertz CT molecular complexity index is 1660. The summed E-state index contributed by atoms with van der Waals surface area (Å²) in [6.07, 6.45) is 3.80. The first-order valence-electron chi connectivity index (χ1n) is 12.9. The van der Waals surface area contributed by atoms with Gasteiger partial charge in [-0.15, -0.1) is 0 Å². The van der Waals surface area contributed by atoms with Crippen molar-refractivity contribution in [3.8, 4) is 22.3 Å². The fraction of sp³-hybridized carbons (Fsp3) is 0.229. The molecule has 1 nitrogen and oxygen atoms in total. The van der Waals surface area contributed by atoms with Crippen LogP contribution in [0, 0.1) is 0 Å². The Hall–Kier alpha value is -3.71. The molecule has 36 heavy (non-hydrogen) atoms. The van der Waals surface area contributed by atoms with Crippen LogP contribution in [0.2, 0.25) is 0 Å². The highest BCUT2D eigenvalue weighted by Crippen LogP contribution is 2.41. The van der Waals surface area contributed by atoms with E-state index in [-0.39, 0.29) is 10.8 Å². The summed E-state index contributed by atoms with van der Waals surface area (Å²) in [4.78, 5) is 4.36. The summed E-state index contributed by atoms with van der Waals surface area (Å²) in [5, 5.41) is 8.03. The molecule has 1 heterocycles. The van der Waals surface area contributed by atoms with E-state index in [1.165, 1.54) is 65.7 Å². The molecule has 0 atom stereocenters. The number of hydrogen-bond acceptors (Lipinski definition) is 1. The molecule has 6 aromatic rings. The van der Waals surface area contributed by atoms with Crippen molar-refractivity contribution in [2.75, 3.05) is 0 Å². The Morgan fingerprint density at radius 1 is 0.528 bits per heavy atom. The standard InChI is InChI=1S/C35H33N/c1-34(2,3)29-18-25-11-9-23-16-28(17-24-10-12-26(19-29)33(25)32(23)24)22-13-14-30(27-8-7-15-36-21-27)31(20-22)35(4,5)6/h7-21H,1-6H3. The van der Waals surface area contributed by atoms with Crippen LogP contribution >= 0.6 is 0 Å². The fourth-order valence-corrected chi connectivity index (χ4v) is 5.56. The van der Waals surface area contributed by atoms with E-state index in [1.807, 2.05) is 18.5 Å². The smallest absolute Gasteiger partial charge is 0.0346 e. The Labute approximate surface area is 214 Å². The zero-order valence-electron chi connectivity index (χ0n) is 22.1. The quantitative estimate of drug-likeness (QED) is 0.231. The SMILES string of the molecule is CC(C)(C)c1cc2ccc3cc(-c4ccc(-c5cccnc5)c(C(C)(C)C)c4)cc4ccc(c1)c2c34. The molecule has 6 rings (SSSR count). The van der Waals surface area contributed by atoms with Crippen molar-refractivity contribution in [2.24, 2.45) is 0 Å². The van der Waals surface area contributed by atoms with Gasteiger partial charge in [0.2, 0.25) is 0 Å². The van der Waals surface area contributed by atoms with Crippen LogP contribution in [-0.2, 0) is 10.8 Å². The van der Waals surface area contributed by atoms with Gasteiger partial charge in [-0.3, -0.25) is 4.98 Å². The van der Waals surface area contributed by atoms with Gasteiger partial charge in [0.15, 0.2) is 0 Å². The van der Waals surface area contributed by atoms with Crippen LogP contribution in [0.15, 0.2) is 91.3 Å². The third-order valence-electron chi connectivity index (χ3n) is 7.53. The molecule has 178 valence electrons. The molecule has 0 radical (unpaired) electrons. The minimum Gasteiger partial charge on any atom is -0.264 e. The highest BCUT2D eigenvalue weighted by molar-refractivity contribution is 6.24. The van der Waals surface area contributed by atoms with E-state index in [4.69, 9.17) is 0 Å². The number of nitrogens with zero attached hydrogens (tertiary/aromatic N) is 1. The predicted octanol–water partition coefficient (Wildman–Crippen LogP) is 9.91. The van der Waals surface area contributed by atoms with Crippen molar-refractivity contribution < 1.29 is 0 Å². The van der Waals surface area contributed by atoms with E-state index >= 15 is 0 Å². The van der Waals surface area contributed by atoms with Crippen LogP contribution in [0.5, 0.6) is 0 Å². The predicted molar refractivity (Wildman–Crippen MR) is 156 cm³/mol. The summed E-state index contributed by atoms with van der Waals surface area (Å²) < 4.78 is 0. The minimum absolute atomic E-state index is 0.0159. The molecular weight excluding hydrogens is 434 g/mol. The van der Waals surface area contributed by atoms with Crippen molar-refractivity contribution >= 4 is 32.3 Å². The molecule has 5 aromatic carbocycles. The molecule has 0 aliphatic carbocycles. The molecule has 0 N–H and O–H groups in total. The second-order valence-electron chi connectivity index (χ2n) is 12.2. The lowest BCUT2D eigenvalue weighted by atomic mass is 9.80. The lowest BCUT2D eigenvalue weighted by Gasteiger charge is -2.24. The molecule has 0 bridgehead atoms. The maximum Gasteiger partial charge on any atom is 0.0346 e. The zero-order valence-corrected chi connectivity index (χ0v) is 22.1. The Morgan fingerprint density at radius 2 is 1.11 bits per heavy atom. The van der Waals surface area contributed by atoms with E-state index < -0.39 is 0 Å². The summed E-state index contributed by atoms with van der Waals surface area (Å²) in [5.41, 5.74) is 7.82. The average Bonchev–Trinajstić information content (AvgIpc) is 2.86. The number of rotatable bonds is 2. The van der Waals surface area contributed by atoms with E-state index in [1.54, 1.807) is 0 Å². The number of benzene rings is 5. The zero-order chi connectivity index (χ0) is 25.2. The Morgan fingerprint density at radius 3 is 1.61 bits per heavy atom. The monoisotopic (exact) mass is 467 g/mol. The van der Waals surface area contributed by atoms with Crippen LogP contribution < -0.4 is 0 Å². The van der Waals surface area contributed by atoms with Crippen LogP contribution in [0.3, 0.4) is 0 Å². The minimum atomic E-state index is 0.0159. The van der Waals surface area contributed by atoms with Crippen LogP contribution in [0.25, 0.3) is 54.6 Å². The van der Waals surface area contributed by atoms with E-state index in [9.17, 15) is 0 Å².